The standard InChI is InChI=1S/C58H39N5Si/c1-3-21-41(22-4-1)64(42-23-5-2-6-24-42,43-25-19-20-40(38-43)61-50-32-13-7-26-44(50)45-27-8-14-33-51(45)61)57-39-56(62-52-34-15-9-28-46(52)47-29-10-16-35-53(47)62)59-58(60-57)63-54-36-17-11-30-48(54)49-31-12-18-37-55(49)63/h1-39H. The molecule has 0 atom stereocenters. The van der Waals surface area contributed by atoms with Gasteiger partial charge in [-0.3, -0.25) is 9.13 Å². The lowest BCUT2D eigenvalue weighted by atomic mass is 10.2. The van der Waals surface area contributed by atoms with Gasteiger partial charge in [-0.05, 0) is 70.2 Å². The molecule has 0 aliphatic rings. The van der Waals surface area contributed by atoms with Crippen molar-refractivity contribution in [1.82, 2.24) is 23.7 Å². The van der Waals surface area contributed by atoms with E-state index in [1.807, 2.05) is 0 Å². The van der Waals surface area contributed by atoms with E-state index in [0.717, 1.165) is 38.9 Å². The lowest BCUT2D eigenvalue weighted by Gasteiger charge is -2.34. The predicted molar refractivity (Wildman–Crippen MR) is 269 cm³/mol. The Bertz CT molecular complexity index is 3590. The average molecular weight is 834 g/mol. The number of hydrogen-bond donors (Lipinski definition) is 0. The zero-order valence-corrected chi connectivity index (χ0v) is 35.8. The molecule has 6 heteroatoms. The number of nitrogens with zero attached hydrogens (tertiary/aromatic N) is 5. The molecule has 0 spiro atoms. The van der Waals surface area contributed by atoms with E-state index in [-0.39, 0.29) is 0 Å². The van der Waals surface area contributed by atoms with E-state index in [9.17, 15) is 0 Å². The van der Waals surface area contributed by atoms with E-state index in [0.29, 0.717) is 5.95 Å². The summed E-state index contributed by atoms with van der Waals surface area (Å²) in [5, 5.41) is 11.9. The van der Waals surface area contributed by atoms with Crippen molar-refractivity contribution in [2.75, 3.05) is 0 Å². The molecule has 0 radical (unpaired) electrons. The lowest BCUT2D eigenvalue weighted by molar-refractivity contribution is 0.959. The lowest BCUT2D eigenvalue weighted by Crippen LogP contribution is -2.75. The van der Waals surface area contributed by atoms with Crippen LogP contribution < -0.4 is 20.9 Å². The van der Waals surface area contributed by atoms with E-state index in [1.54, 1.807) is 0 Å². The van der Waals surface area contributed by atoms with Gasteiger partial charge < -0.3 is 4.57 Å². The van der Waals surface area contributed by atoms with Crippen LogP contribution in [0.2, 0.25) is 0 Å². The normalized spacial score (nSPS) is 12.1. The van der Waals surface area contributed by atoms with Gasteiger partial charge in [0, 0.05) is 43.3 Å². The maximum Gasteiger partial charge on any atom is 0.236 e. The Labute approximate surface area is 370 Å². The monoisotopic (exact) mass is 833 g/mol. The molecule has 4 heterocycles. The summed E-state index contributed by atoms with van der Waals surface area (Å²) in [6.07, 6.45) is 0. The first-order valence-electron chi connectivity index (χ1n) is 21.8. The zero-order chi connectivity index (χ0) is 42.2. The third-order valence-corrected chi connectivity index (χ3v) is 17.8. The Morgan fingerprint density at radius 2 is 0.641 bits per heavy atom. The van der Waals surface area contributed by atoms with Crippen LogP contribution >= 0.6 is 0 Å². The Hall–Kier alpha value is -8.32. The molecule has 4 aromatic heterocycles. The van der Waals surface area contributed by atoms with Crippen molar-refractivity contribution in [1.29, 1.82) is 0 Å². The first kappa shape index (κ1) is 36.3. The van der Waals surface area contributed by atoms with Crippen LogP contribution in [0.25, 0.3) is 82.9 Å². The second kappa shape index (κ2) is 14.4. The largest absolute Gasteiger partial charge is 0.309 e. The minimum atomic E-state index is -3.33. The minimum Gasteiger partial charge on any atom is -0.309 e. The molecule has 5 nitrogen and oxygen atoms in total. The molecule has 0 amide bonds. The Morgan fingerprint density at radius 1 is 0.281 bits per heavy atom. The van der Waals surface area contributed by atoms with Crippen molar-refractivity contribution in [3.05, 3.63) is 237 Å². The van der Waals surface area contributed by atoms with Gasteiger partial charge in [-0.2, -0.15) is 4.98 Å². The molecule has 0 unspecified atom stereocenters. The summed E-state index contributed by atoms with van der Waals surface area (Å²) in [5.74, 6) is 1.45. The van der Waals surface area contributed by atoms with Crippen LogP contribution in [0.5, 0.6) is 0 Å². The van der Waals surface area contributed by atoms with E-state index >= 15 is 0 Å². The quantitative estimate of drug-likeness (QED) is 0.119. The second-order valence-electron chi connectivity index (χ2n) is 16.6. The Balaban J connectivity index is 1.19. The second-order valence-corrected chi connectivity index (χ2v) is 20.3. The number of benzene rings is 9. The smallest absolute Gasteiger partial charge is 0.236 e. The molecule has 0 aliphatic heterocycles. The highest BCUT2D eigenvalue weighted by Gasteiger charge is 2.44. The first-order chi connectivity index (χ1) is 31.8. The van der Waals surface area contributed by atoms with Gasteiger partial charge in [0.15, 0.2) is 0 Å². The van der Waals surface area contributed by atoms with Gasteiger partial charge in [0.2, 0.25) is 14.0 Å². The van der Waals surface area contributed by atoms with Gasteiger partial charge in [0.1, 0.15) is 5.82 Å². The maximum atomic E-state index is 5.93. The first-order valence-corrected chi connectivity index (χ1v) is 23.8. The van der Waals surface area contributed by atoms with Gasteiger partial charge >= 0.3 is 0 Å². The van der Waals surface area contributed by atoms with E-state index in [1.165, 1.54) is 58.9 Å². The molecule has 0 bridgehead atoms. The fourth-order valence-corrected chi connectivity index (χ4v) is 15.1. The van der Waals surface area contributed by atoms with Crippen LogP contribution in [-0.2, 0) is 0 Å². The molecule has 13 aromatic rings. The minimum absolute atomic E-state index is 0.633. The van der Waals surface area contributed by atoms with Gasteiger partial charge in [-0.1, -0.05) is 182 Å². The molecular weight excluding hydrogens is 795 g/mol. The molecule has 13 rings (SSSR count). The number of fused-ring (bicyclic) bond motifs is 9. The van der Waals surface area contributed by atoms with Gasteiger partial charge in [0.05, 0.1) is 33.1 Å². The number of aromatic nitrogens is 5. The van der Waals surface area contributed by atoms with Gasteiger partial charge in [0.25, 0.3) is 0 Å². The fraction of sp³-hybridized carbons (Fsp3) is 0. The van der Waals surface area contributed by atoms with Crippen molar-refractivity contribution < 1.29 is 0 Å². The molecule has 64 heavy (non-hydrogen) atoms. The molecule has 0 saturated carbocycles. The summed E-state index contributed by atoms with van der Waals surface area (Å²) < 4.78 is 7.04. The van der Waals surface area contributed by atoms with Crippen molar-refractivity contribution >= 4 is 94.4 Å². The summed E-state index contributed by atoms with van der Waals surface area (Å²) in [6, 6.07) is 85.9. The summed E-state index contributed by atoms with van der Waals surface area (Å²) in [4.78, 5) is 11.6. The molecular formula is C58H39N5Si. The van der Waals surface area contributed by atoms with E-state index in [2.05, 4.69) is 250 Å². The number of hydrogen-bond acceptors (Lipinski definition) is 2. The van der Waals surface area contributed by atoms with Crippen molar-refractivity contribution in [2.24, 2.45) is 0 Å². The maximum absolute atomic E-state index is 5.93. The zero-order valence-electron chi connectivity index (χ0n) is 34.8. The van der Waals surface area contributed by atoms with Crippen LogP contribution in [0.3, 0.4) is 0 Å². The SMILES string of the molecule is c1ccc([Si](c2ccccc2)(c2cccc(-n3c4ccccc4c4ccccc43)c2)c2cc(-n3c4ccccc4c4ccccc43)nc(-n3c4ccccc4c4ccccc43)n2)cc1. The Kier molecular flexibility index (Phi) is 8.16. The average Bonchev–Trinajstić information content (AvgIpc) is 4.01. The summed E-state index contributed by atoms with van der Waals surface area (Å²) in [6.45, 7) is 0. The number of rotatable bonds is 7. The van der Waals surface area contributed by atoms with Gasteiger partial charge in [-0.25, -0.2) is 4.98 Å². The highest BCUT2D eigenvalue weighted by atomic mass is 28.3. The molecule has 0 N–H and O–H groups in total. The summed E-state index contributed by atoms with van der Waals surface area (Å²) in [7, 11) is -3.33. The van der Waals surface area contributed by atoms with Crippen LogP contribution in [0.15, 0.2) is 237 Å². The third-order valence-electron chi connectivity index (χ3n) is 13.2. The van der Waals surface area contributed by atoms with E-state index in [4.69, 9.17) is 9.97 Å². The van der Waals surface area contributed by atoms with Crippen molar-refractivity contribution in [3.63, 3.8) is 0 Å². The predicted octanol–water partition coefficient (Wildman–Crippen LogP) is 11.1. The van der Waals surface area contributed by atoms with Crippen molar-refractivity contribution in [3.8, 4) is 17.5 Å². The van der Waals surface area contributed by atoms with Crippen LogP contribution in [0, 0.1) is 0 Å². The van der Waals surface area contributed by atoms with Crippen LogP contribution in [-0.4, -0.2) is 31.7 Å². The summed E-state index contributed by atoms with van der Waals surface area (Å²) in [5.41, 5.74) is 7.79. The number of para-hydroxylation sites is 6. The highest BCUT2D eigenvalue weighted by Crippen LogP contribution is 2.35. The van der Waals surface area contributed by atoms with Crippen molar-refractivity contribution in [2.45, 2.75) is 0 Å². The molecule has 9 aromatic carbocycles. The van der Waals surface area contributed by atoms with Crippen LogP contribution in [0.4, 0.5) is 0 Å². The van der Waals surface area contributed by atoms with Gasteiger partial charge in [-0.15, -0.1) is 0 Å². The van der Waals surface area contributed by atoms with Crippen LogP contribution in [0.1, 0.15) is 0 Å². The molecule has 0 saturated heterocycles. The molecule has 300 valence electrons. The topological polar surface area (TPSA) is 40.6 Å². The highest BCUT2D eigenvalue weighted by molar-refractivity contribution is 7.19. The van der Waals surface area contributed by atoms with E-state index < -0.39 is 8.07 Å². The molecule has 0 fully saturated rings. The molecule has 0 aliphatic carbocycles. The third kappa shape index (κ3) is 5.30. The Morgan fingerprint density at radius 3 is 1.08 bits per heavy atom. The summed E-state index contributed by atoms with van der Waals surface area (Å²) >= 11 is 0. The fourth-order valence-electron chi connectivity index (χ4n) is 10.5.